The lowest BCUT2D eigenvalue weighted by Gasteiger charge is -2.09. The Hall–Kier alpha value is -2.33. The molecule has 0 fully saturated rings. The first kappa shape index (κ1) is 20.0. The standard InChI is InChI=1S/C21H25ClN2O2/c1-4-17-7-9-18(10-8-17)16(3)23-24-21(25)6-5-13-26-20-12-11-19(22)14-15(20)2/h7-12,14H,4-6,13H2,1-3H3,(H,24,25). The molecule has 138 valence electrons. The van der Waals surface area contributed by atoms with E-state index in [0.717, 1.165) is 29.0 Å². The van der Waals surface area contributed by atoms with E-state index < -0.39 is 0 Å². The van der Waals surface area contributed by atoms with Crippen LogP contribution in [0.25, 0.3) is 0 Å². The Labute approximate surface area is 160 Å². The van der Waals surface area contributed by atoms with E-state index in [0.29, 0.717) is 24.5 Å². The van der Waals surface area contributed by atoms with Crippen molar-refractivity contribution in [3.8, 4) is 5.75 Å². The Morgan fingerprint density at radius 3 is 2.58 bits per heavy atom. The van der Waals surface area contributed by atoms with Gasteiger partial charge in [0.15, 0.2) is 0 Å². The van der Waals surface area contributed by atoms with Gasteiger partial charge in [-0.15, -0.1) is 0 Å². The highest BCUT2D eigenvalue weighted by Crippen LogP contribution is 2.21. The van der Waals surface area contributed by atoms with Crippen LogP contribution in [-0.2, 0) is 11.2 Å². The Kier molecular flexibility index (Phi) is 7.67. The molecule has 0 saturated heterocycles. The summed E-state index contributed by atoms with van der Waals surface area (Å²) in [5, 5.41) is 4.86. The normalized spacial score (nSPS) is 11.3. The third-order valence-electron chi connectivity index (χ3n) is 4.07. The summed E-state index contributed by atoms with van der Waals surface area (Å²) in [6.07, 6.45) is 1.98. The second kappa shape index (κ2) is 9.97. The number of nitrogens with one attached hydrogen (secondary N) is 1. The maximum Gasteiger partial charge on any atom is 0.240 e. The van der Waals surface area contributed by atoms with Gasteiger partial charge >= 0.3 is 0 Å². The lowest BCUT2D eigenvalue weighted by atomic mass is 10.1. The van der Waals surface area contributed by atoms with Gasteiger partial charge in [-0.2, -0.15) is 5.10 Å². The molecule has 0 aliphatic rings. The Bertz CT molecular complexity index is 770. The smallest absolute Gasteiger partial charge is 0.240 e. The van der Waals surface area contributed by atoms with Crippen LogP contribution >= 0.6 is 11.6 Å². The minimum absolute atomic E-state index is 0.119. The fourth-order valence-corrected chi connectivity index (χ4v) is 2.66. The van der Waals surface area contributed by atoms with E-state index in [1.54, 1.807) is 6.07 Å². The molecule has 0 aliphatic carbocycles. The lowest BCUT2D eigenvalue weighted by Crippen LogP contribution is -2.19. The molecule has 0 aliphatic heterocycles. The van der Waals surface area contributed by atoms with Crippen LogP contribution in [0.4, 0.5) is 0 Å². The first-order chi connectivity index (χ1) is 12.5. The second-order valence-corrected chi connectivity index (χ2v) is 6.58. The van der Waals surface area contributed by atoms with Crippen LogP contribution < -0.4 is 10.2 Å². The van der Waals surface area contributed by atoms with Gasteiger partial charge in [-0.3, -0.25) is 4.79 Å². The number of hydrazone groups is 1. The number of carbonyl (C=O) groups excluding carboxylic acids is 1. The van der Waals surface area contributed by atoms with E-state index in [-0.39, 0.29) is 5.91 Å². The quantitative estimate of drug-likeness (QED) is 0.406. The van der Waals surface area contributed by atoms with Crippen molar-refractivity contribution < 1.29 is 9.53 Å². The number of carbonyl (C=O) groups is 1. The number of rotatable bonds is 8. The van der Waals surface area contributed by atoms with Gasteiger partial charge in [0.2, 0.25) is 5.91 Å². The van der Waals surface area contributed by atoms with Crippen molar-refractivity contribution in [3.63, 3.8) is 0 Å². The Morgan fingerprint density at radius 1 is 1.19 bits per heavy atom. The highest BCUT2D eigenvalue weighted by Gasteiger charge is 2.04. The lowest BCUT2D eigenvalue weighted by molar-refractivity contribution is -0.121. The van der Waals surface area contributed by atoms with Gasteiger partial charge in [-0.25, -0.2) is 5.43 Å². The summed E-state index contributed by atoms with van der Waals surface area (Å²) in [6, 6.07) is 13.7. The van der Waals surface area contributed by atoms with Crippen LogP contribution in [0.3, 0.4) is 0 Å². The Morgan fingerprint density at radius 2 is 1.92 bits per heavy atom. The summed E-state index contributed by atoms with van der Waals surface area (Å²) in [6.45, 7) is 6.41. The number of nitrogens with zero attached hydrogens (tertiary/aromatic N) is 1. The van der Waals surface area contributed by atoms with E-state index in [1.165, 1.54) is 5.56 Å². The second-order valence-electron chi connectivity index (χ2n) is 6.14. The largest absolute Gasteiger partial charge is 0.493 e. The molecule has 0 heterocycles. The molecule has 0 aromatic heterocycles. The molecular formula is C21H25ClN2O2. The highest BCUT2D eigenvalue weighted by atomic mass is 35.5. The van der Waals surface area contributed by atoms with Crippen molar-refractivity contribution in [3.05, 3.63) is 64.2 Å². The summed E-state index contributed by atoms with van der Waals surface area (Å²) in [5.41, 5.74) is 6.65. The Balaban J connectivity index is 1.74. The number of benzene rings is 2. The van der Waals surface area contributed by atoms with Gasteiger partial charge in [0, 0.05) is 11.4 Å². The molecule has 2 rings (SSSR count). The predicted octanol–water partition coefficient (Wildman–Crippen LogP) is 4.91. The van der Waals surface area contributed by atoms with E-state index in [1.807, 2.05) is 38.1 Å². The minimum Gasteiger partial charge on any atom is -0.493 e. The molecule has 0 atom stereocenters. The maximum atomic E-state index is 11.9. The van der Waals surface area contributed by atoms with E-state index >= 15 is 0 Å². The molecular weight excluding hydrogens is 348 g/mol. The number of hydrogen-bond acceptors (Lipinski definition) is 3. The fourth-order valence-electron chi connectivity index (χ4n) is 2.44. The highest BCUT2D eigenvalue weighted by molar-refractivity contribution is 6.30. The molecule has 0 radical (unpaired) electrons. The van der Waals surface area contributed by atoms with E-state index in [4.69, 9.17) is 16.3 Å². The van der Waals surface area contributed by atoms with Gasteiger partial charge in [-0.05, 0) is 61.6 Å². The minimum atomic E-state index is -0.119. The third-order valence-corrected chi connectivity index (χ3v) is 4.31. The average molecular weight is 373 g/mol. The molecule has 4 nitrogen and oxygen atoms in total. The van der Waals surface area contributed by atoms with Crippen molar-refractivity contribution in [2.45, 2.75) is 40.0 Å². The number of hydrogen-bond donors (Lipinski definition) is 1. The molecule has 0 bridgehead atoms. The predicted molar refractivity (Wildman–Crippen MR) is 107 cm³/mol. The topological polar surface area (TPSA) is 50.7 Å². The molecule has 1 amide bonds. The first-order valence-corrected chi connectivity index (χ1v) is 9.18. The third kappa shape index (κ3) is 6.19. The van der Waals surface area contributed by atoms with E-state index in [2.05, 4.69) is 29.6 Å². The number of amides is 1. The van der Waals surface area contributed by atoms with Crippen LogP contribution in [0.2, 0.25) is 5.02 Å². The molecule has 2 aromatic rings. The van der Waals surface area contributed by atoms with Gasteiger partial charge < -0.3 is 4.74 Å². The van der Waals surface area contributed by atoms with Crippen molar-refractivity contribution >= 4 is 23.2 Å². The summed E-state index contributed by atoms with van der Waals surface area (Å²) in [7, 11) is 0. The zero-order chi connectivity index (χ0) is 18.9. The molecule has 26 heavy (non-hydrogen) atoms. The van der Waals surface area contributed by atoms with Crippen molar-refractivity contribution in [2.24, 2.45) is 5.10 Å². The summed E-state index contributed by atoms with van der Waals surface area (Å²) < 4.78 is 5.68. The molecule has 1 N–H and O–H groups in total. The van der Waals surface area contributed by atoms with Gasteiger partial charge in [-0.1, -0.05) is 42.8 Å². The van der Waals surface area contributed by atoms with E-state index in [9.17, 15) is 4.79 Å². The van der Waals surface area contributed by atoms with Crippen LogP contribution in [-0.4, -0.2) is 18.2 Å². The van der Waals surface area contributed by atoms with Gasteiger partial charge in [0.05, 0.1) is 12.3 Å². The number of aryl methyl sites for hydroxylation is 2. The first-order valence-electron chi connectivity index (χ1n) is 8.81. The molecule has 0 unspecified atom stereocenters. The van der Waals surface area contributed by atoms with Crippen molar-refractivity contribution in [2.75, 3.05) is 6.61 Å². The molecule has 0 spiro atoms. The molecule has 5 heteroatoms. The van der Waals surface area contributed by atoms with Crippen molar-refractivity contribution in [1.82, 2.24) is 5.43 Å². The summed E-state index contributed by atoms with van der Waals surface area (Å²) in [5.74, 6) is 0.671. The average Bonchev–Trinajstić information content (AvgIpc) is 2.64. The maximum absolute atomic E-state index is 11.9. The van der Waals surface area contributed by atoms with Crippen molar-refractivity contribution in [1.29, 1.82) is 0 Å². The summed E-state index contributed by atoms with van der Waals surface area (Å²) in [4.78, 5) is 11.9. The van der Waals surface area contributed by atoms with Crippen LogP contribution in [0.1, 0.15) is 43.4 Å². The van der Waals surface area contributed by atoms with Gasteiger partial charge in [0.25, 0.3) is 0 Å². The number of halogens is 1. The molecule has 2 aromatic carbocycles. The van der Waals surface area contributed by atoms with Crippen LogP contribution in [0.15, 0.2) is 47.6 Å². The SMILES string of the molecule is CCc1ccc(C(C)=NNC(=O)CCCOc2ccc(Cl)cc2C)cc1. The fraction of sp³-hybridized carbons (Fsp3) is 0.333. The number of ether oxygens (including phenoxy) is 1. The van der Waals surface area contributed by atoms with Gasteiger partial charge in [0.1, 0.15) is 5.75 Å². The zero-order valence-electron chi connectivity index (χ0n) is 15.5. The van der Waals surface area contributed by atoms with Crippen LogP contribution in [0.5, 0.6) is 5.75 Å². The zero-order valence-corrected chi connectivity index (χ0v) is 16.3. The molecule has 0 saturated carbocycles. The monoisotopic (exact) mass is 372 g/mol. The van der Waals surface area contributed by atoms with Crippen LogP contribution in [0, 0.1) is 6.92 Å². The summed E-state index contributed by atoms with van der Waals surface area (Å²) >= 11 is 5.92.